The Hall–Kier alpha value is -9.71. The Morgan fingerprint density at radius 3 is 1.46 bits per heavy atom. The van der Waals surface area contributed by atoms with Gasteiger partial charge in [-0.05, 0) is 154 Å². The number of esters is 1. The molecule has 0 saturated heterocycles. The zero-order valence-corrected chi connectivity index (χ0v) is 70.1. The number of aryl methyl sites for hydroxylation is 5. The number of hydrogen-bond acceptors (Lipinski definition) is 32. The largest absolute Gasteiger partial charge is 1.00 e. The number of carbonyl (C=O) groups excluding carboxylic acids is 4. The molecule has 0 aliphatic carbocycles. The molecule has 0 aliphatic heterocycles. The molecule has 0 fully saturated rings. The van der Waals surface area contributed by atoms with Gasteiger partial charge in [0, 0.05) is 118 Å². The molecule has 12 rings (SSSR count). The van der Waals surface area contributed by atoms with E-state index < -0.39 is 50.2 Å². The molecule has 5 heterocycles. The number of benzene rings is 7. The van der Waals surface area contributed by atoms with Gasteiger partial charge < -0.3 is 57.1 Å². The first-order valence-electron chi connectivity index (χ1n) is 34.4. The van der Waals surface area contributed by atoms with Crippen LogP contribution in [-0.2, 0) is 33.7 Å². The van der Waals surface area contributed by atoms with E-state index in [2.05, 4.69) is 80.0 Å². The molecule has 38 heteroatoms. The van der Waals surface area contributed by atoms with Crippen LogP contribution in [0.1, 0.15) is 114 Å². The Bertz CT molecular complexity index is 5760. The Kier molecular flexibility index (Phi) is 37.1. The molecular formula is C76H75N9Na2O24S3. The van der Waals surface area contributed by atoms with Crippen molar-refractivity contribution in [1.29, 1.82) is 0 Å². The quantitative estimate of drug-likeness (QED) is 0.00961. The fourth-order valence-electron chi connectivity index (χ4n) is 10.8. The predicted molar refractivity (Wildman–Crippen MR) is 412 cm³/mol. The van der Waals surface area contributed by atoms with Gasteiger partial charge in [0.05, 0.1) is 88.0 Å². The zero-order valence-electron chi connectivity index (χ0n) is 63.7. The maximum absolute atomic E-state index is 12.7. The van der Waals surface area contributed by atoms with Crippen LogP contribution < -0.4 is 113 Å². The van der Waals surface area contributed by atoms with Gasteiger partial charge in [-0.2, -0.15) is 4.33 Å². The SMILES string of the molecule is CCCCC(CC)C(=O)Nc1ccc2nc(C)oc(=O)c2c1.CCN(CC)c1ccc2nc(C)oc(=O)c2c1.Cc1nc2ccc(C(=O)N(CCSOO[O-])CCS(=O)(=O)[O-])cc2c(=O)o1.Cc1nc2ccc(C(=O)Nc3ccc(SOOO)cc3)cc2c(=O)o1.Cc1nc2ccc(C(=O)Oc3ccccc3)cc2c(=O)o1.[Na+].[Na+]. The van der Waals surface area contributed by atoms with Crippen LogP contribution in [0, 0.1) is 40.5 Å². The molecule has 3 amide bonds. The first-order valence-corrected chi connectivity index (χ1v) is 37.6. The molecule has 0 bridgehead atoms. The molecule has 3 N–H and O–H groups in total. The van der Waals surface area contributed by atoms with E-state index in [4.69, 9.17) is 32.1 Å². The summed E-state index contributed by atoms with van der Waals surface area (Å²) in [5.74, 6) is -0.355. The standard InChI is InChI=1S/C17H22N2O3.C16H12N2O6S.C16H11NO4.C14H16N2O9S2.C13H16N2O2.2Na/c1-4-6-7-12(5-2)16(20)19-13-8-9-15-14(10-13)17(21)22-11(3)18-15;1-9-17-14-7-2-10(8-13(14)16(20)22-9)15(19)18-11-3-5-12(6-4-11)25-24-23-21;1-10-17-14-8-7-11(9-13(14)16(19)20-10)15(18)21-12-5-3-2-4-6-12;1-9-15-12-3-2-10(8-11(12)14(18)23-9)13(17)16(4-6-26-25-24-19)5-7-27(20,21)22;1-4-15(5-2)10-6-7-12-11(8-10)13(16)17-9(3)14-12;;/h8-10,12H,4-7H2,1-3H3,(H,19,20);2-8,21H,1H3,(H,18,19);2-9H,1H3;2-3,8,19H,4-7H2,1H3,(H,20,21,22);6-8H,4-5H2,1-3H3;;/q;;;;;2*+1/p-2. The monoisotopic (exact) mass is 1640 g/mol. The summed E-state index contributed by atoms with van der Waals surface area (Å²) >= 11 is 1.41. The summed E-state index contributed by atoms with van der Waals surface area (Å²) in [6, 6.07) is 39.5. The number of anilines is 3. The maximum Gasteiger partial charge on any atom is 1.00 e. The average molecular weight is 1640 g/mol. The van der Waals surface area contributed by atoms with E-state index in [1.54, 1.807) is 119 Å². The number of rotatable bonds is 25. The second kappa shape index (κ2) is 45.4. The van der Waals surface area contributed by atoms with Gasteiger partial charge in [-0.25, -0.2) is 67.4 Å². The van der Waals surface area contributed by atoms with Crippen molar-refractivity contribution in [2.45, 2.75) is 92.9 Å². The van der Waals surface area contributed by atoms with Gasteiger partial charge in [0.25, 0.3) is 11.8 Å². The number of hydrogen-bond donors (Lipinski definition) is 3. The van der Waals surface area contributed by atoms with Gasteiger partial charge in [-0.15, -0.1) is 4.33 Å². The van der Waals surface area contributed by atoms with Crippen molar-refractivity contribution in [2.75, 3.05) is 53.2 Å². The van der Waals surface area contributed by atoms with Crippen LogP contribution in [-0.4, -0.2) is 109 Å². The fraction of sp³-hybridized carbons (Fsp3) is 0.263. The number of para-hydroxylation sites is 1. The first-order chi connectivity index (χ1) is 53.6. The van der Waals surface area contributed by atoms with Gasteiger partial charge in [0.15, 0.2) is 29.5 Å². The number of nitrogens with zero attached hydrogens (tertiary/aromatic N) is 7. The zero-order chi connectivity index (χ0) is 81.2. The maximum atomic E-state index is 12.7. The van der Waals surface area contributed by atoms with Crippen molar-refractivity contribution >= 4 is 129 Å². The van der Waals surface area contributed by atoms with Crippen molar-refractivity contribution in [3.05, 3.63) is 244 Å². The van der Waals surface area contributed by atoms with Gasteiger partial charge in [-0.1, -0.05) is 49.9 Å². The van der Waals surface area contributed by atoms with Crippen LogP contribution in [0.5, 0.6) is 5.75 Å². The van der Waals surface area contributed by atoms with E-state index >= 15 is 0 Å². The number of ether oxygens (including phenoxy) is 1. The molecular weight excluding hydrogens is 1570 g/mol. The van der Waals surface area contributed by atoms with Gasteiger partial charge >= 0.3 is 93.2 Å². The van der Waals surface area contributed by atoms with Crippen LogP contribution in [0.25, 0.3) is 54.5 Å². The molecule has 0 aliphatic rings. The predicted octanol–water partition coefficient (Wildman–Crippen LogP) is 5.25. The van der Waals surface area contributed by atoms with E-state index in [1.807, 2.05) is 31.2 Å². The first kappa shape index (κ1) is 93.2. The van der Waals surface area contributed by atoms with Crippen molar-refractivity contribution in [1.82, 2.24) is 29.8 Å². The number of aromatic nitrogens is 5. The van der Waals surface area contributed by atoms with Crippen molar-refractivity contribution in [3.8, 4) is 5.75 Å². The Morgan fingerprint density at radius 2 is 0.991 bits per heavy atom. The normalized spacial score (nSPS) is 11.1. The van der Waals surface area contributed by atoms with Crippen LogP contribution in [0.15, 0.2) is 197 Å². The second-order valence-electron chi connectivity index (χ2n) is 24.1. The number of amides is 3. The van der Waals surface area contributed by atoms with E-state index in [1.165, 1.54) is 37.3 Å². The topological polar surface area (TPSA) is 461 Å². The number of nitrogens with one attached hydrogen (secondary N) is 2. The summed E-state index contributed by atoms with van der Waals surface area (Å²) in [6.45, 7) is 17.7. The van der Waals surface area contributed by atoms with Crippen LogP contribution in [0.3, 0.4) is 0 Å². The van der Waals surface area contributed by atoms with E-state index in [0.29, 0.717) is 89.8 Å². The van der Waals surface area contributed by atoms with Crippen LogP contribution >= 0.6 is 24.1 Å². The van der Waals surface area contributed by atoms with E-state index in [0.717, 1.165) is 61.4 Å². The average Bonchev–Trinajstić information content (AvgIpc) is 0.828. The van der Waals surface area contributed by atoms with Crippen LogP contribution in [0.4, 0.5) is 17.1 Å². The van der Waals surface area contributed by atoms with Gasteiger partial charge in [0.2, 0.25) is 5.91 Å². The summed E-state index contributed by atoms with van der Waals surface area (Å²) in [5.41, 5.74) is 2.91. The summed E-state index contributed by atoms with van der Waals surface area (Å²) in [4.78, 5) is 133. The Morgan fingerprint density at radius 1 is 0.544 bits per heavy atom. The van der Waals surface area contributed by atoms with Crippen molar-refractivity contribution in [3.63, 3.8) is 0 Å². The molecule has 1 atom stereocenters. The van der Waals surface area contributed by atoms with Gasteiger partial charge in [0.1, 0.15) is 5.75 Å². The summed E-state index contributed by atoms with van der Waals surface area (Å²) in [7, 11) is -4.55. The van der Waals surface area contributed by atoms with Crippen LogP contribution in [0.2, 0.25) is 0 Å². The molecule has 0 saturated carbocycles. The number of unbranched alkanes of at least 4 members (excludes halogenated alkanes) is 1. The third-order valence-corrected chi connectivity index (χ3v) is 18.0. The molecule has 114 heavy (non-hydrogen) atoms. The van der Waals surface area contributed by atoms with Gasteiger partial charge in [-0.3, -0.25) is 19.4 Å². The smallest absolute Gasteiger partial charge is 0.748 e. The minimum Gasteiger partial charge on any atom is -0.748 e. The number of carbonyl (C=O) groups is 4. The van der Waals surface area contributed by atoms with E-state index in [-0.39, 0.29) is 146 Å². The minimum absolute atomic E-state index is 0. The second-order valence-corrected chi connectivity index (χ2v) is 27.1. The molecule has 0 spiro atoms. The molecule has 7 aromatic carbocycles. The Labute approximate surface area is 702 Å². The molecule has 0 radical (unpaired) electrons. The fourth-order valence-corrected chi connectivity index (χ4v) is 12.0. The molecule has 1 unspecified atom stereocenters. The summed E-state index contributed by atoms with van der Waals surface area (Å²) in [6.07, 6.45) is 3.81. The summed E-state index contributed by atoms with van der Waals surface area (Å²) in [5, 5.41) is 31.7. The third-order valence-electron chi connectivity index (χ3n) is 16.2. The van der Waals surface area contributed by atoms with E-state index in [9.17, 15) is 61.4 Å². The Balaban J connectivity index is 0.000000222. The summed E-state index contributed by atoms with van der Waals surface area (Å²) < 4.78 is 71.0. The molecule has 33 nitrogen and oxygen atoms in total. The third kappa shape index (κ3) is 27.5. The number of fused-ring (bicyclic) bond motifs is 5. The molecule has 588 valence electrons. The van der Waals surface area contributed by atoms with Crippen molar-refractivity contribution < 1.29 is 147 Å². The van der Waals surface area contributed by atoms with Crippen molar-refractivity contribution in [2.24, 2.45) is 5.92 Å². The molecule has 5 aromatic heterocycles. The molecule has 12 aromatic rings. The minimum atomic E-state index is -4.55.